The third-order valence-electron chi connectivity index (χ3n) is 3.57. The van der Waals surface area contributed by atoms with Gasteiger partial charge in [0, 0.05) is 10.4 Å². The van der Waals surface area contributed by atoms with Crippen LogP contribution in [0.5, 0.6) is 0 Å². The van der Waals surface area contributed by atoms with Gasteiger partial charge in [0.1, 0.15) is 11.3 Å². The Morgan fingerprint density at radius 3 is 2.65 bits per heavy atom. The third-order valence-corrected chi connectivity index (χ3v) is 3.81. The molecule has 0 spiro atoms. The molecule has 0 saturated carbocycles. The molecular formula is C17H16ClNO. The summed E-state index contributed by atoms with van der Waals surface area (Å²) in [7, 11) is 1.93. The first-order valence-corrected chi connectivity index (χ1v) is 6.98. The molecule has 0 aliphatic carbocycles. The van der Waals surface area contributed by atoms with Gasteiger partial charge in [-0.2, -0.15) is 0 Å². The highest BCUT2D eigenvalue weighted by Crippen LogP contribution is 2.31. The summed E-state index contributed by atoms with van der Waals surface area (Å²) < 4.78 is 5.96. The lowest BCUT2D eigenvalue weighted by atomic mass is 9.99. The summed E-state index contributed by atoms with van der Waals surface area (Å²) >= 11 is 6.13. The summed E-state index contributed by atoms with van der Waals surface area (Å²) in [5.41, 5.74) is 3.23. The van der Waals surface area contributed by atoms with Gasteiger partial charge in [-0.1, -0.05) is 35.9 Å². The van der Waals surface area contributed by atoms with Crippen molar-refractivity contribution in [3.05, 3.63) is 70.4 Å². The van der Waals surface area contributed by atoms with Crippen molar-refractivity contribution >= 4 is 22.6 Å². The number of aryl methyl sites for hydroxylation is 1. The van der Waals surface area contributed by atoms with Gasteiger partial charge in [-0.05, 0) is 49.4 Å². The number of rotatable bonds is 3. The van der Waals surface area contributed by atoms with E-state index in [2.05, 4.69) is 24.4 Å². The zero-order valence-corrected chi connectivity index (χ0v) is 12.2. The number of nitrogens with one attached hydrogen (secondary N) is 1. The SMILES string of the molecule is CNC(c1cc2ccccc2o1)c1cc(Cl)ccc1C. The van der Waals surface area contributed by atoms with Gasteiger partial charge in [0.15, 0.2) is 0 Å². The minimum absolute atomic E-state index is 0.00102. The van der Waals surface area contributed by atoms with E-state index in [0.29, 0.717) is 0 Å². The van der Waals surface area contributed by atoms with Crippen molar-refractivity contribution in [2.75, 3.05) is 7.05 Å². The van der Waals surface area contributed by atoms with Crippen LogP contribution in [-0.4, -0.2) is 7.05 Å². The molecule has 3 rings (SSSR count). The van der Waals surface area contributed by atoms with E-state index in [1.807, 2.05) is 43.4 Å². The molecule has 2 aromatic carbocycles. The summed E-state index contributed by atoms with van der Waals surface area (Å²) in [4.78, 5) is 0. The molecule has 20 heavy (non-hydrogen) atoms. The molecule has 0 fully saturated rings. The first-order valence-electron chi connectivity index (χ1n) is 6.61. The largest absolute Gasteiger partial charge is 0.459 e. The van der Waals surface area contributed by atoms with E-state index in [-0.39, 0.29) is 6.04 Å². The Bertz CT molecular complexity index is 715. The first kappa shape index (κ1) is 13.2. The number of benzene rings is 2. The minimum atomic E-state index is 0.00102. The number of fused-ring (bicyclic) bond motifs is 1. The summed E-state index contributed by atoms with van der Waals surface area (Å²) in [5, 5.41) is 5.16. The third kappa shape index (κ3) is 2.33. The highest BCUT2D eigenvalue weighted by atomic mass is 35.5. The first-order chi connectivity index (χ1) is 9.69. The van der Waals surface area contributed by atoms with E-state index in [4.69, 9.17) is 16.0 Å². The Labute approximate surface area is 123 Å². The van der Waals surface area contributed by atoms with E-state index in [1.54, 1.807) is 0 Å². The van der Waals surface area contributed by atoms with E-state index in [9.17, 15) is 0 Å². The van der Waals surface area contributed by atoms with Gasteiger partial charge in [0.25, 0.3) is 0 Å². The van der Waals surface area contributed by atoms with Gasteiger partial charge < -0.3 is 9.73 Å². The second-order valence-electron chi connectivity index (χ2n) is 4.91. The Kier molecular flexibility index (Phi) is 3.51. The maximum Gasteiger partial charge on any atom is 0.134 e. The van der Waals surface area contributed by atoms with Crippen LogP contribution in [0.1, 0.15) is 22.9 Å². The molecule has 0 radical (unpaired) electrons. The summed E-state index contributed by atoms with van der Waals surface area (Å²) in [5.74, 6) is 0.902. The molecule has 1 aromatic heterocycles. The van der Waals surface area contributed by atoms with Crippen LogP contribution in [0.2, 0.25) is 5.02 Å². The highest BCUT2D eigenvalue weighted by Gasteiger charge is 2.18. The smallest absolute Gasteiger partial charge is 0.134 e. The number of hydrogen-bond acceptors (Lipinski definition) is 2. The lowest BCUT2D eigenvalue weighted by Crippen LogP contribution is -2.18. The molecule has 1 atom stereocenters. The molecule has 3 aromatic rings. The van der Waals surface area contributed by atoms with Crippen molar-refractivity contribution < 1.29 is 4.42 Å². The number of para-hydroxylation sites is 1. The normalized spacial score (nSPS) is 12.8. The molecule has 2 nitrogen and oxygen atoms in total. The lowest BCUT2D eigenvalue weighted by molar-refractivity contribution is 0.490. The predicted molar refractivity (Wildman–Crippen MR) is 83.3 cm³/mol. The zero-order valence-electron chi connectivity index (χ0n) is 11.5. The van der Waals surface area contributed by atoms with E-state index < -0.39 is 0 Å². The topological polar surface area (TPSA) is 25.2 Å². The molecule has 0 aliphatic heterocycles. The van der Waals surface area contributed by atoms with Crippen molar-refractivity contribution in [2.24, 2.45) is 0 Å². The Balaban J connectivity index is 2.11. The van der Waals surface area contributed by atoms with Crippen LogP contribution in [0.3, 0.4) is 0 Å². The van der Waals surface area contributed by atoms with Crippen LogP contribution in [-0.2, 0) is 0 Å². The van der Waals surface area contributed by atoms with Crippen molar-refractivity contribution in [1.29, 1.82) is 0 Å². The van der Waals surface area contributed by atoms with Gasteiger partial charge in [-0.25, -0.2) is 0 Å². The Morgan fingerprint density at radius 1 is 1.10 bits per heavy atom. The Morgan fingerprint density at radius 2 is 1.90 bits per heavy atom. The maximum atomic E-state index is 6.13. The molecule has 1 N–H and O–H groups in total. The Hall–Kier alpha value is -1.77. The van der Waals surface area contributed by atoms with Gasteiger partial charge >= 0.3 is 0 Å². The van der Waals surface area contributed by atoms with Gasteiger partial charge in [0.05, 0.1) is 6.04 Å². The average molecular weight is 286 g/mol. The summed E-state index contributed by atoms with van der Waals surface area (Å²) in [6.07, 6.45) is 0. The van der Waals surface area contributed by atoms with Gasteiger partial charge in [-0.3, -0.25) is 0 Å². The fourth-order valence-corrected chi connectivity index (χ4v) is 2.70. The molecule has 1 unspecified atom stereocenters. The van der Waals surface area contributed by atoms with Crippen molar-refractivity contribution in [1.82, 2.24) is 5.32 Å². The fourth-order valence-electron chi connectivity index (χ4n) is 2.52. The van der Waals surface area contributed by atoms with Crippen LogP contribution >= 0.6 is 11.6 Å². The molecule has 0 saturated heterocycles. The predicted octanol–water partition coefficient (Wildman–Crippen LogP) is 4.70. The van der Waals surface area contributed by atoms with Crippen LogP contribution in [0, 0.1) is 6.92 Å². The van der Waals surface area contributed by atoms with Crippen LogP contribution in [0.15, 0.2) is 52.9 Å². The number of furan rings is 1. The lowest BCUT2D eigenvalue weighted by Gasteiger charge is -2.16. The van der Waals surface area contributed by atoms with Crippen LogP contribution in [0.4, 0.5) is 0 Å². The zero-order chi connectivity index (χ0) is 14.1. The van der Waals surface area contributed by atoms with Crippen molar-refractivity contribution in [3.8, 4) is 0 Å². The molecule has 3 heteroatoms. The van der Waals surface area contributed by atoms with Crippen LogP contribution in [0.25, 0.3) is 11.0 Å². The summed E-state index contributed by atoms with van der Waals surface area (Å²) in [6.45, 7) is 2.08. The van der Waals surface area contributed by atoms with Crippen LogP contribution < -0.4 is 5.32 Å². The number of halogens is 1. The molecular weight excluding hydrogens is 270 g/mol. The summed E-state index contributed by atoms with van der Waals surface area (Å²) in [6, 6.07) is 16.0. The second-order valence-corrected chi connectivity index (χ2v) is 5.35. The van der Waals surface area contributed by atoms with Gasteiger partial charge in [0.2, 0.25) is 0 Å². The molecule has 1 heterocycles. The van der Waals surface area contributed by atoms with Crippen molar-refractivity contribution in [3.63, 3.8) is 0 Å². The fraction of sp³-hybridized carbons (Fsp3) is 0.176. The van der Waals surface area contributed by atoms with E-state index in [0.717, 1.165) is 27.3 Å². The minimum Gasteiger partial charge on any atom is -0.459 e. The number of hydrogen-bond donors (Lipinski definition) is 1. The molecule has 0 aliphatic rings. The maximum absolute atomic E-state index is 6.13. The van der Waals surface area contributed by atoms with Gasteiger partial charge in [-0.15, -0.1) is 0 Å². The quantitative estimate of drug-likeness (QED) is 0.754. The van der Waals surface area contributed by atoms with E-state index >= 15 is 0 Å². The second kappa shape index (κ2) is 5.31. The molecule has 102 valence electrons. The highest BCUT2D eigenvalue weighted by molar-refractivity contribution is 6.30. The molecule has 0 bridgehead atoms. The molecule has 0 amide bonds. The monoisotopic (exact) mass is 285 g/mol. The van der Waals surface area contributed by atoms with Crippen molar-refractivity contribution in [2.45, 2.75) is 13.0 Å². The van der Waals surface area contributed by atoms with E-state index in [1.165, 1.54) is 5.56 Å². The average Bonchev–Trinajstić information content (AvgIpc) is 2.87. The standard InChI is InChI=1S/C17H16ClNO/c1-11-7-8-13(18)10-14(11)17(19-2)16-9-12-5-3-4-6-15(12)20-16/h3-10,17,19H,1-2H3.